The Morgan fingerprint density at radius 2 is 2.08 bits per heavy atom. The predicted molar refractivity (Wildman–Crippen MR) is 102 cm³/mol. The summed E-state index contributed by atoms with van der Waals surface area (Å²) in [6, 6.07) is 9.74. The van der Waals surface area contributed by atoms with Crippen LogP contribution < -0.4 is 11.1 Å². The summed E-state index contributed by atoms with van der Waals surface area (Å²) in [5.74, 6) is 0.862. The van der Waals surface area contributed by atoms with E-state index < -0.39 is 5.60 Å². The van der Waals surface area contributed by atoms with Gasteiger partial charge in [-0.25, -0.2) is 4.79 Å². The molecule has 1 saturated heterocycles. The molecule has 1 unspecified atom stereocenters. The average molecular weight is 346 g/mol. The number of carbonyl (C=O) groups is 1. The number of guanidine groups is 1. The fourth-order valence-corrected chi connectivity index (χ4v) is 2.87. The third-order valence-electron chi connectivity index (χ3n) is 4.04. The molecule has 1 aliphatic rings. The van der Waals surface area contributed by atoms with Crippen LogP contribution in [0.5, 0.6) is 0 Å². The van der Waals surface area contributed by atoms with Crippen molar-refractivity contribution in [3.05, 3.63) is 30.3 Å². The molecule has 0 bridgehead atoms. The molecule has 3 N–H and O–H groups in total. The van der Waals surface area contributed by atoms with Gasteiger partial charge in [0.25, 0.3) is 0 Å². The number of para-hydroxylation sites is 1. The summed E-state index contributed by atoms with van der Waals surface area (Å²) in [4.78, 5) is 18.4. The highest BCUT2D eigenvalue weighted by atomic mass is 16.6. The lowest BCUT2D eigenvalue weighted by Crippen LogP contribution is -2.43. The standard InChI is InChI=1S/C19H30N4O2/c1-19(2,3)25-18(24)23-13-7-8-15(14-23)11-12-21-17(20)22-16-9-5-4-6-10-16/h4-6,9-10,15H,7-8,11-14H2,1-3H3,(H3,20,21,22). The molecule has 1 aromatic rings. The summed E-state index contributed by atoms with van der Waals surface area (Å²) >= 11 is 0. The molecule has 6 nitrogen and oxygen atoms in total. The zero-order valence-corrected chi connectivity index (χ0v) is 15.5. The number of hydrogen-bond donors (Lipinski definition) is 2. The number of nitrogens with two attached hydrogens (primary N) is 1. The van der Waals surface area contributed by atoms with E-state index >= 15 is 0 Å². The summed E-state index contributed by atoms with van der Waals surface area (Å²) in [6.07, 6.45) is 2.81. The molecule has 1 atom stereocenters. The summed E-state index contributed by atoms with van der Waals surface area (Å²) in [5, 5.41) is 3.08. The highest BCUT2D eigenvalue weighted by Gasteiger charge is 2.27. The van der Waals surface area contributed by atoms with Crippen molar-refractivity contribution in [2.75, 3.05) is 25.0 Å². The lowest BCUT2D eigenvalue weighted by atomic mass is 9.95. The van der Waals surface area contributed by atoms with Crippen LogP contribution in [-0.2, 0) is 4.74 Å². The van der Waals surface area contributed by atoms with Gasteiger partial charge in [-0.3, -0.25) is 4.99 Å². The van der Waals surface area contributed by atoms with Gasteiger partial charge in [0, 0.05) is 25.3 Å². The number of rotatable bonds is 4. The second-order valence-electron chi connectivity index (χ2n) is 7.48. The van der Waals surface area contributed by atoms with Gasteiger partial charge in [0.2, 0.25) is 0 Å². The zero-order chi connectivity index (χ0) is 18.3. The van der Waals surface area contributed by atoms with Crippen molar-refractivity contribution in [2.24, 2.45) is 16.6 Å². The number of benzene rings is 1. The highest BCUT2D eigenvalue weighted by Crippen LogP contribution is 2.21. The van der Waals surface area contributed by atoms with Crippen molar-refractivity contribution < 1.29 is 9.53 Å². The SMILES string of the molecule is CC(C)(C)OC(=O)N1CCCC(CCN=C(N)Nc2ccccc2)C1. The number of nitrogens with one attached hydrogen (secondary N) is 1. The second kappa shape index (κ2) is 8.74. The number of nitrogens with zero attached hydrogens (tertiary/aromatic N) is 2. The fraction of sp³-hybridized carbons (Fsp3) is 0.579. The summed E-state index contributed by atoms with van der Waals surface area (Å²) in [5.41, 5.74) is 6.40. The minimum atomic E-state index is -0.453. The van der Waals surface area contributed by atoms with Crippen LogP contribution in [-0.4, -0.2) is 42.2 Å². The molecule has 1 fully saturated rings. The lowest BCUT2D eigenvalue weighted by Gasteiger charge is -2.34. The molecule has 1 aromatic carbocycles. The number of hydrogen-bond acceptors (Lipinski definition) is 3. The Morgan fingerprint density at radius 1 is 1.36 bits per heavy atom. The van der Waals surface area contributed by atoms with Gasteiger partial charge in [0.1, 0.15) is 5.60 Å². The van der Waals surface area contributed by atoms with Crippen LogP contribution in [0.25, 0.3) is 0 Å². The Labute approximate surface area is 150 Å². The van der Waals surface area contributed by atoms with Gasteiger partial charge in [-0.05, 0) is 58.1 Å². The average Bonchev–Trinajstić information content (AvgIpc) is 2.54. The highest BCUT2D eigenvalue weighted by molar-refractivity contribution is 5.92. The third kappa shape index (κ3) is 7.03. The summed E-state index contributed by atoms with van der Waals surface area (Å²) in [6.45, 7) is 7.83. The van der Waals surface area contributed by atoms with Crippen LogP contribution in [0, 0.1) is 5.92 Å². The molecule has 0 radical (unpaired) electrons. The molecule has 0 saturated carbocycles. The second-order valence-corrected chi connectivity index (χ2v) is 7.48. The van der Waals surface area contributed by atoms with Gasteiger partial charge < -0.3 is 20.7 Å². The monoisotopic (exact) mass is 346 g/mol. The van der Waals surface area contributed by atoms with E-state index in [0.29, 0.717) is 18.4 Å². The molecule has 0 aliphatic carbocycles. The van der Waals surface area contributed by atoms with Crippen molar-refractivity contribution in [3.63, 3.8) is 0 Å². The number of likely N-dealkylation sites (tertiary alicyclic amines) is 1. The van der Waals surface area contributed by atoms with Gasteiger partial charge in [0.15, 0.2) is 5.96 Å². The predicted octanol–water partition coefficient (Wildman–Crippen LogP) is 3.45. The van der Waals surface area contributed by atoms with Gasteiger partial charge in [-0.2, -0.15) is 0 Å². The van der Waals surface area contributed by atoms with E-state index in [1.807, 2.05) is 56.0 Å². The van der Waals surface area contributed by atoms with Crippen molar-refractivity contribution >= 4 is 17.7 Å². The number of piperidine rings is 1. The first-order valence-electron chi connectivity index (χ1n) is 8.93. The van der Waals surface area contributed by atoms with Crippen molar-refractivity contribution in [1.29, 1.82) is 0 Å². The maximum atomic E-state index is 12.2. The normalized spacial score (nSPS) is 18.8. The Kier molecular flexibility index (Phi) is 6.67. The molecule has 138 valence electrons. The Bertz CT molecular complexity index is 581. The molecule has 1 aliphatic heterocycles. The van der Waals surface area contributed by atoms with Crippen LogP contribution >= 0.6 is 0 Å². The minimum Gasteiger partial charge on any atom is -0.444 e. The molecule has 1 heterocycles. The quantitative estimate of drug-likeness (QED) is 0.646. The van der Waals surface area contributed by atoms with Crippen LogP contribution in [0.2, 0.25) is 0 Å². The van der Waals surface area contributed by atoms with E-state index in [-0.39, 0.29) is 6.09 Å². The van der Waals surface area contributed by atoms with Crippen LogP contribution in [0.3, 0.4) is 0 Å². The van der Waals surface area contributed by atoms with Gasteiger partial charge in [-0.1, -0.05) is 18.2 Å². The molecule has 1 amide bonds. The first kappa shape index (κ1) is 19.1. The summed E-state index contributed by atoms with van der Waals surface area (Å²) < 4.78 is 5.46. The first-order valence-corrected chi connectivity index (χ1v) is 8.93. The topological polar surface area (TPSA) is 80.0 Å². The molecule has 2 rings (SSSR count). The molecule has 0 aromatic heterocycles. The first-order chi connectivity index (χ1) is 11.8. The van der Waals surface area contributed by atoms with Crippen molar-refractivity contribution in [3.8, 4) is 0 Å². The fourth-order valence-electron chi connectivity index (χ4n) is 2.87. The largest absolute Gasteiger partial charge is 0.444 e. The third-order valence-corrected chi connectivity index (χ3v) is 4.04. The van der Waals surface area contributed by atoms with E-state index in [9.17, 15) is 4.79 Å². The maximum Gasteiger partial charge on any atom is 0.410 e. The number of amides is 1. The molecule has 25 heavy (non-hydrogen) atoms. The van der Waals surface area contributed by atoms with Crippen LogP contribution in [0.15, 0.2) is 35.3 Å². The van der Waals surface area contributed by atoms with E-state index in [4.69, 9.17) is 10.5 Å². The lowest BCUT2D eigenvalue weighted by molar-refractivity contribution is 0.0163. The zero-order valence-electron chi connectivity index (χ0n) is 15.5. The van der Waals surface area contributed by atoms with E-state index in [2.05, 4.69) is 10.3 Å². The molecular formula is C19H30N4O2. The number of anilines is 1. The van der Waals surface area contributed by atoms with Crippen molar-refractivity contribution in [2.45, 2.75) is 45.6 Å². The van der Waals surface area contributed by atoms with E-state index in [1.165, 1.54) is 0 Å². The smallest absolute Gasteiger partial charge is 0.410 e. The van der Waals surface area contributed by atoms with E-state index in [1.54, 1.807) is 0 Å². The molecule has 0 spiro atoms. The molecular weight excluding hydrogens is 316 g/mol. The number of ether oxygens (including phenoxy) is 1. The van der Waals surface area contributed by atoms with Gasteiger partial charge >= 0.3 is 6.09 Å². The van der Waals surface area contributed by atoms with Crippen LogP contribution in [0.4, 0.5) is 10.5 Å². The van der Waals surface area contributed by atoms with Crippen LogP contribution in [0.1, 0.15) is 40.0 Å². The minimum absolute atomic E-state index is 0.217. The molecule has 6 heteroatoms. The van der Waals surface area contributed by atoms with Gasteiger partial charge in [-0.15, -0.1) is 0 Å². The number of aliphatic imine (C=N–C) groups is 1. The van der Waals surface area contributed by atoms with E-state index in [0.717, 1.165) is 38.0 Å². The maximum absolute atomic E-state index is 12.2. The van der Waals surface area contributed by atoms with Crippen molar-refractivity contribution in [1.82, 2.24) is 4.90 Å². The Hall–Kier alpha value is -2.24. The Balaban J connectivity index is 1.76. The van der Waals surface area contributed by atoms with Gasteiger partial charge in [0.05, 0.1) is 0 Å². The summed E-state index contributed by atoms with van der Waals surface area (Å²) in [7, 11) is 0. The number of carbonyl (C=O) groups excluding carboxylic acids is 1. The Morgan fingerprint density at radius 3 is 2.76 bits per heavy atom.